The lowest BCUT2D eigenvalue weighted by atomic mass is 9.85. The van der Waals surface area contributed by atoms with Gasteiger partial charge in [-0.25, -0.2) is 0 Å². The molecule has 13 heavy (non-hydrogen) atoms. The van der Waals surface area contributed by atoms with Gasteiger partial charge in [0.05, 0.1) is 0 Å². The molecule has 0 aromatic heterocycles. The van der Waals surface area contributed by atoms with Crippen molar-refractivity contribution >= 4 is 0 Å². The SMILES string of the molecule is C=C/C=C1/CC/C1=C/C.CC.CC. The summed E-state index contributed by atoms with van der Waals surface area (Å²) < 4.78 is 0. The number of hydrogen-bond donors (Lipinski definition) is 0. The highest BCUT2D eigenvalue weighted by Crippen LogP contribution is 2.31. The molecule has 1 fully saturated rings. The van der Waals surface area contributed by atoms with Gasteiger partial charge in [0.15, 0.2) is 0 Å². The number of rotatable bonds is 1. The van der Waals surface area contributed by atoms with Crippen LogP contribution in [-0.4, -0.2) is 0 Å². The molecule has 1 saturated carbocycles. The largest absolute Gasteiger partial charge is 0.0991 e. The van der Waals surface area contributed by atoms with Gasteiger partial charge >= 0.3 is 0 Å². The minimum absolute atomic E-state index is 1.24. The molecule has 0 heteroatoms. The number of allylic oxidation sites excluding steroid dienone is 5. The van der Waals surface area contributed by atoms with Crippen molar-refractivity contribution < 1.29 is 0 Å². The highest BCUT2D eigenvalue weighted by Gasteiger charge is 2.12. The molecule has 0 atom stereocenters. The Hall–Kier alpha value is -0.780. The predicted octanol–water partition coefficient (Wildman–Crippen LogP) is 4.89. The third-order valence-electron chi connectivity index (χ3n) is 1.74. The highest BCUT2D eigenvalue weighted by atomic mass is 14.2. The molecule has 0 bridgehead atoms. The van der Waals surface area contributed by atoms with Gasteiger partial charge in [-0.2, -0.15) is 0 Å². The van der Waals surface area contributed by atoms with E-state index in [4.69, 9.17) is 0 Å². The van der Waals surface area contributed by atoms with Gasteiger partial charge in [-0.15, -0.1) is 0 Å². The van der Waals surface area contributed by atoms with Gasteiger partial charge in [0.2, 0.25) is 0 Å². The van der Waals surface area contributed by atoms with Crippen LogP contribution >= 0.6 is 0 Å². The first-order valence-corrected chi connectivity index (χ1v) is 5.35. The van der Waals surface area contributed by atoms with Crippen molar-refractivity contribution in [1.29, 1.82) is 0 Å². The molecular weight excluding hydrogens is 156 g/mol. The molecule has 76 valence electrons. The van der Waals surface area contributed by atoms with Crippen molar-refractivity contribution in [1.82, 2.24) is 0 Å². The van der Waals surface area contributed by atoms with Gasteiger partial charge < -0.3 is 0 Å². The van der Waals surface area contributed by atoms with Gasteiger partial charge in [0, 0.05) is 0 Å². The second kappa shape index (κ2) is 11.2. The Labute approximate surface area is 84.1 Å². The van der Waals surface area contributed by atoms with Crippen molar-refractivity contribution in [3.8, 4) is 0 Å². The minimum Gasteiger partial charge on any atom is -0.0991 e. The lowest BCUT2D eigenvalue weighted by Crippen LogP contribution is -2.01. The lowest BCUT2D eigenvalue weighted by molar-refractivity contribution is 0.821. The highest BCUT2D eigenvalue weighted by molar-refractivity contribution is 5.40. The van der Waals surface area contributed by atoms with Crippen molar-refractivity contribution in [3.05, 3.63) is 36.0 Å². The maximum absolute atomic E-state index is 3.65. The molecular formula is C13H24. The van der Waals surface area contributed by atoms with Crippen LogP contribution < -0.4 is 0 Å². The summed E-state index contributed by atoms with van der Waals surface area (Å²) in [6.07, 6.45) is 8.64. The predicted molar refractivity (Wildman–Crippen MR) is 64.0 cm³/mol. The molecule has 0 aromatic rings. The summed E-state index contributed by atoms with van der Waals surface area (Å²) in [6, 6.07) is 0. The molecule has 0 aliphatic heterocycles. The van der Waals surface area contributed by atoms with Crippen LogP contribution in [0.3, 0.4) is 0 Å². The van der Waals surface area contributed by atoms with Crippen LogP contribution in [0.1, 0.15) is 47.5 Å². The molecule has 1 aliphatic carbocycles. The van der Waals surface area contributed by atoms with Crippen LogP contribution in [-0.2, 0) is 0 Å². The summed E-state index contributed by atoms with van der Waals surface area (Å²) in [5, 5.41) is 0. The Morgan fingerprint density at radius 1 is 1.00 bits per heavy atom. The third kappa shape index (κ3) is 5.46. The Morgan fingerprint density at radius 2 is 1.46 bits per heavy atom. The van der Waals surface area contributed by atoms with Gasteiger partial charge in [0.1, 0.15) is 0 Å². The second-order valence-corrected chi connectivity index (χ2v) is 2.24. The molecule has 0 nitrogen and oxygen atoms in total. The van der Waals surface area contributed by atoms with Gasteiger partial charge in [-0.3, -0.25) is 0 Å². The lowest BCUT2D eigenvalue weighted by Gasteiger charge is -2.20. The van der Waals surface area contributed by atoms with Crippen LogP contribution in [0.25, 0.3) is 0 Å². The van der Waals surface area contributed by atoms with E-state index in [9.17, 15) is 0 Å². The monoisotopic (exact) mass is 180 g/mol. The summed E-state index contributed by atoms with van der Waals surface area (Å²) in [5.74, 6) is 0. The minimum atomic E-state index is 1.24. The topological polar surface area (TPSA) is 0 Å². The molecule has 0 amide bonds. The Bertz CT molecular complexity index is 170. The van der Waals surface area contributed by atoms with Crippen LogP contribution in [0.15, 0.2) is 36.0 Å². The van der Waals surface area contributed by atoms with Crippen LogP contribution in [0.2, 0.25) is 0 Å². The number of hydrogen-bond acceptors (Lipinski definition) is 0. The van der Waals surface area contributed by atoms with E-state index >= 15 is 0 Å². The van der Waals surface area contributed by atoms with E-state index in [0.29, 0.717) is 0 Å². The third-order valence-corrected chi connectivity index (χ3v) is 1.74. The second-order valence-electron chi connectivity index (χ2n) is 2.24. The molecule has 0 heterocycles. The van der Waals surface area contributed by atoms with E-state index < -0.39 is 0 Å². The summed E-state index contributed by atoms with van der Waals surface area (Å²) in [5.41, 5.74) is 2.96. The summed E-state index contributed by atoms with van der Waals surface area (Å²) in [7, 11) is 0. The molecule has 1 rings (SSSR count). The van der Waals surface area contributed by atoms with Crippen LogP contribution in [0.4, 0.5) is 0 Å². The zero-order valence-corrected chi connectivity index (χ0v) is 9.85. The van der Waals surface area contributed by atoms with Gasteiger partial charge in [-0.05, 0) is 30.9 Å². The first-order valence-electron chi connectivity index (χ1n) is 5.35. The molecule has 1 aliphatic rings. The molecule has 0 N–H and O–H groups in total. The van der Waals surface area contributed by atoms with Crippen molar-refractivity contribution in [3.63, 3.8) is 0 Å². The van der Waals surface area contributed by atoms with E-state index in [1.165, 1.54) is 24.0 Å². The first kappa shape index (κ1) is 14.7. The zero-order valence-electron chi connectivity index (χ0n) is 9.85. The fourth-order valence-electron chi connectivity index (χ4n) is 1.08. The van der Waals surface area contributed by atoms with Gasteiger partial charge in [-0.1, -0.05) is 52.5 Å². The van der Waals surface area contributed by atoms with Crippen LogP contribution in [0, 0.1) is 0 Å². The van der Waals surface area contributed by atoms with E-state index in [2.05, 4.69) is 25.7 Å². The average Bonchev–Trinajstić information content (AvgIpc) is 2.20. The molecule has 0 radical (unpaired) electrons. The molecule has 0 spiro atoms. The Balaban J connectivity index is 0. The van der Waals surface area contributed by atoms with Gasteiger partial charge in [0.25, 0.3) is 0 Å². The molecule has 0 aromatic carbocycles. The quantitative estimate of drug-likeness (QED) is 0.539. The van der Waals surface area contributed by atoms with Crippen LogP contribution in [0.5, 0.6) is 0 Å². The Morgan fingerprint density at radius 3 is 1.69 bits per heavy atom. The summed E-state index contributed by atoms with van der Waals surface area (Å²) in [6.45, 7) is 13.7. The normalized spacial score (nSPS) is 19.2. The zero-order chi connectivity index (χ0) is 10.7. The van der Waals surface area contributed by atoms with E-state index in [0.717, 1.165) is 0 Å². The smallest absolute Gasteiger partial charge is 0.0236 e. The fraction of sp³-hybridized carbons (Fsp3) is 0.538. The van der Waals surface area contributed by atoms with E-state index in [-0.39, 0.29) is 0 Å². The average molecular weight is 180 g/mol. The molecule has 0 saturated heterocycles. The first-order chi connectivity index (χ1) is 6.38. The van der Waals surface area contributed by atoms with E-state index in [1.807, 2.05) is 33.8 Å². The van der Waals surface area contributed by atoms with Crippen molar-refractivity contribution in [2.45, 2.75) is 47.5 Å². The maximum Gasteiger partial charge on any atom is -0.0236 e. The van der Waals surface area contributed by atoms with Crippen molar-refractivity contribution in [2.75, 3.05) is 0 Å². The van der Waals surface area contributed by atoms with Crippen molar-refractivity contribution in [2.24, 2.45) is 0 Å². The van der Waals surface area contributed by atoms with E-state index in [1.54, 1.807) is 0 Å². The summed E-state index contributed by atoms with van der Waals surface area (Å²) in [4.78, 5) is 0. The summed E-state index contributed by atoms with van der Waals surface area (Å²) >= 11 is 0. The maximum atomic E-state index is 3.65. The Kier molecular flexibility index (Phi) is 12.7. The fourth-order valence-corrected chi connectivity index (χ4v) is 1.08. The standard InChI is InChI=1S/C9H12.2C2H6/c1-3-5-9-7-6-8(9)4-2;2*1-2/h3-5H,1,6-7H2,2H3;2*1-2H3/b8-4-,9-5-;;. The molecule has 0 unspecified atom stereocenters.